The Hall–Kier alpha value is -1.98. The minimum absolute atomic E-state index is 0.000631. The Kier molecular flexibility index (Phi) is 5.91. The van der Waals surface area contributed by atoms with Crippen LogP contribution in [0.4, 0.5) is 0 Å². The van der Waals surface area contributed by atoms with E-state index in [1.165, 1.54) is 16.9 Å². The van der Waals surface area contributed by atoms with E-state index >= 15 is 0 Å². The fourth-order valence-corrected chi connectivity index (χ4v) is 3.11. The molecule has 4 nitrogen and oxygen atoms in total. The molecule has 0 saturated heterocycles. The standard InChI is InChI=1S/C19H24N2O2S/c1-19(2,3)14-7-5-13(6-8-14)11-21-18(23)17-10-9-16(24-17)15(22)12-20-4/h5-10,20H,11-12H2,1-4H3,(H,21,23). The zero-order chi connectivity index (χ0) is 17.7. The predicted molar refractivity (Wildman–Crippen MR) is 98.9 cm³/mol. The third kappa shape index (κ3) is 4.76. The van der Waals surface area contributed by atoms with Crippen LogP contribution in [0.15, 0.2) is 36.4 Å². The number of nitrogens with one attached hydrogen (secondary N) is 2. The Labute approximate surface area is 147 Å². The molecular weight excluding hydrogens is 320 g/mol. The summed E-state index contributed by atoms with van der Waals surface area (Å²) in [6.07, 6.45) is 0. The van der Waals surface area contributed by atoms with E-state index in [4.69, 9.17) is 0 Å². The van der Waals surface area contributed by atoms with Crippen molar-refractivity contribution in [2.75, 3.05) is 13.6 Å². The van der Waals surface area contributed by atoms with Gasteiger partial charge in [0.05, 0.1) is 16.3 Å². The average Bonchev–Trinajstić information content (AvgIpc) is 3.02. The third-order valence-corrected chi connectivity index (χ3v) is 4.84. The van der Waals surface area contributed by atoms with E-state index in [0.717, 1.165) is 5.56 Å². The Bertz CT molecular complexity index is 712. The van der Waals surface area contributed by atoms with Gasteiger partial charge in [-0.25, -0.2) is 0 Å². The highest BCUT2D eigenvalue weighted by molar-refractivity contribution is 7.16. The van der Waals surface area contributed by atoms with Crippen LogP contribution in [0.1, 0.15) is 51.2 Å². The van der Waals surface area contributed by atoms with Crippen molar-refractivity contribution in [3.05, 3.63) is 57.3 Å². The second kappa shape index (κ2) is 7.73. The van der Waals surface area contributed by atoms with Crippen LogP contribution >= 0.6 is 11.3 Å². The van der Waals surface area contributed by atoms with E-state index in [1.807, 2.05) is 12.1 Å². The zero-order valence-corrected chi connectivity index (χ0v) is 15.4. The van der Waals surface area contributed by atoms with Gasteiger partial charge in [0.15, 0.2) is 5.78 Å². The second-order valence-electron chi connectivity index (χ2n) is 6.75. The first kappa shape index (κ1) is 18.4. The van der Waals surface area contributed by atoms with Gasteiger partial charge in [-0.3, -0.25) is 9.59 Å². The van der Waals surface area contributed by atoms with Gasteiger partial charge < -0.3 is 10.6 Å². The summed E-state index contributed by atoms with van der Waals surface area (Å²) in [6.45, 7) is 7.27. The molecule has 0 aliphatic carbocycles. The summed E-state index contributed by atoms with van der Waals surface area (Å²) in [5.41, 5.74) is 2.44. The number of ketones is 1. The minimum atomic E-state index is -0.150. The molecule has 0 bridgehead atoms. The molecule has 2 N–H and O–H groups in total. The highest BCUT2D eigenvalue weighted by Crippen LogP contribution is 2.22. The number of Topliss-reactive ketones (excluding diaryl/α,β-unsaturated/α-hetero) is 1. The molecule has 2 aromatic rings. The maximum Gasteiger partial charge on any atom is 0.261 e. The van der Waals surface area contributed by atoms with Gasteiger partial charge in [0.2, 0.25) is 0 Å². The van der Waals surface area contributed by atoms with Gasteiger partial charge in [-0.05, 0) is 35.7 Å². The molecule has 1 aromatic heterocycles. The Morgan fingerprint density at radius 2 is 1.62 bits per heavy atom. The third-order valence-electron chi connectivity index (χ3n) is 3.71. The number of rotatable bonds is 6. The first-order chi connectivity index (χ1) is 11.3. The molecule has 0 unspecified atom stereocenters. The van der Waals surface area contributed by atoms with Crippen molar-refractivity contribution in [1.82, 2.24) is 10.6 Å². The first-order valence-electron chi connectivity index (χ1n) is 7.96. The summed E-state index contributed by atoms with van der Waals surface area (Å²) in [4.78, 5) is 25.2. The summed E-state index contributed by atoms with van der Waals surface area (Å²) >= 11 is 1.23. The Morgan fingerprint density at radius 1 is 1.00 bits per heavy atom. The van der Waals surface area contributed by atoms with Crippen molar-refractivity contribution in [3.63, 3.8) is 0 Å². The van der Waals surface area contributed by atoms with Gasteiger partial charge in [-0.15, -0.1) is 11.3 Å². The van der Waals surface area contributed by atoms with E-state index in [1.54, 1.807) is 19.2 Å². The number of carbonyl (C=O) groups is 2. The maximum absolute atomic E-state index is 12.2. The maximum atomic E-state index is 12.2. The van der Waals surface area contributed by atoms with Gasteiger partial charge in [0.25, 0.3) is 5.91 Å². The van der Waals surface area contributed by atoms with Crippen LogP contribution in [0.2, 0.25) is 0 Å². The first-order valence-corrected chi connectivity index (χ1v) is 8.78. The smallest absolute Gasteiger partial charge is 0.261 e. The average molecular weight is 344 g/mol. The van der Waals surface area contributed by atoms with Crippen LogP contribution in [0.3, 0.4) is 0 Å². The second-order valence-corrected chi connectivity index (χ2v) is 7.83. The lowest BCUT2D eigenvalue weighted by molar-refractivity contribution is 0.0954. The summed E-state index contributed by atoms with van der Waals surface area (Å²) in [5, 5.41) is 5.72. The topological polar surface area (TPSA) is 58.2 Å². The van der Waals surface area contributed by atoms with Gasteiger partial charge in [-0.2, -0.15) is 0 Å². The predicted octanol–water partition coefficient (Wildman–Crippen LogP) is 3.38. The molecule has 0 radical (unpaired) electrons. The fraction of sp³-hybridized carbons (Fsp3) is 0.368. The molecule has 0 aliphatic heterocycles. The molecule has 1 heterocycles. The number of thiophene rings is 1. The van der Waals surface area contributed by atoms with Crippen LogP contribution in [-0.2, 0) is 12.0 Å². The summed E-state index contributed by atoms with van der Waals surface area (Å²) in [7, 11) is 1.73. The van der Waals surface area contributed by atoms with Crippen molar-refractivity contribution in [1.29, 1.82) is 0 Å². The number of hydrogen-bond donors (Lipinski definition) is 2. The van der Waals surface area contributed by atoms with Crippen molar-refractivity contribution < 1.29 is 9.59 Å². The molecule has 0 fully saturated rings. The van der Waals surface area contributed by atoms with E-state index < -0.39 is 0 Å². The minimum Gasteiger partial charge on any atom is -0.347 e. The molecule has 2 rings (SSSR count). The lowest BCUT2D eigenvalue weighted by Gasteiger charge is -2.19. The molecule has 0 atom stereocenters. The largest absolute Gasteiger partial charge is 0.347 e. The van der Waals surface area contributed by atoms with Gasteiger partial charge in [0.1, 0.15) is 0 Å². The van der Waals surface area contributed by atoms with Gasteiger partial charge in [0, 0.05) is 6.54 Å². The van der Waals surface area contributed by atoms with Crippen LogP contribution in [0.25, 0.3) is 0 Å². The van der Waals surface area contributed by atoms with Gasteiger partial charge in [-0.1, -0.05) is 45.0 Å². The number of carbonyl (C=O) groups excluding carboxylic acids is 2. The quantitative estimate of drug-likeness (QED) is 0.790. The number of hydrogen-bond acceptors (Lipinski definition) is 4. The van der Waals surface area contributed by atoms with Crippen molar-refractivity contribution >= 4 is 23.0 Å². The van der Waals surface area contributed by atoms with Crippen molar-refractivity contribution in [2.24, 2.45) is 0 Å². The molecule has 5 heteroatoms. The highest BCUT2D eigenvalue weighted by atomic mass is 32.1. The molecule has 24 heavy (non-hydrogen) atoms. The lowest BCUT2D eigenvalue weighted by Crippen LogP contribution is -2.22. The number of likely N-dealkylation sites (N-methyl/N-ethyl adjacent to an activating group) is 1. The normalized spacial score (nSPS) is 11.3. The molecule has 1 aromatic carbocycles. The molecule has 1 amide bonds. The van der Waals surface area contributed by atoms with Crippen LogP contribution in [0.5, 0.6) is 0 Å². The monoisotopic (exact) mass is 344 g/mol. The van der Waals surface area contributed by atoms with E-state index in [2.05, 4.69) is 43.5 Å². The summed E-state index contributed by atoms with van der Waals surface area (Å²) in [6, 6.07) is 11.7. The summed E-state index contributed by atoms with van der Waals surface area (Å²) < 4.78 is 0. The lowest BCUT2D eigenvalue weighted by atomic mass is 9.87. The molecule has 0 aliphatic rings. The van der Waals surface area contributed by atoms with E-state index in [9.17, 15) is 9.59 Å². The Balaban J connectivity index is 1.95. The SMILES string of the molecule is CNCC(=O)c1ccc(C(=O)NCc2ccc(C(C)(C)C)cc2)s1. The van der Waals surface area contributed by atoms with E-state index in [-0.39, 0.29) is 23.7 Å². The fourth-order valence-electron chi connectivity index (χ4n) is 2.25. The van der Waals surface area contributed by atoms with Crippen LogP contribution in [0, 0.1) is 0 Å². The molecular formula is C19H24N2O2S. The van der Waals surface area contributed by atoms with Crippen molar-refractivity contribution in [3.8, 4) is 0 Å². The molecule has 0 saturated carbocycles. The molecule has 0 spiro atoms. The number of amides is 1. The molecule has 128 valence electrons. The zero-order valence-electron chi connectivity index (χ0n) is 14.6. The summed E-state index contributed by atoms with van der Waals surface area (Å²) in [5.74, 6) is -0.150. The Morgan fingerprint density at radius 3 is 2.21 bits per heavy atom. The van der Waals surface area contributed by atoms with Gasteiger partial charge >= 0.3 is 0 Å². The van der Waals surface area contributed by atoms with Crippen LogP contribution < -0.4 is 10.6 Å². The highest BCUT2D eigenvalue weighted by Gasteiger charge is 2.14. The van der Waals surface area contributed by atoms with Crippen LogP contribution in [-0.4, -0.2) is 25.3 Å². The van der Waals surface area contributed by atoms with Crippen molar-refractivity contribution in [2.45, 2.75) is 32.7 Å². The number of benzene rings is 1. The van der Waals surface area contributed by atoms with E-state index in [0.29, 0.717) is 16.3 Å².